The molecule has 0 unspecified atom stereocenters. The third-order valence-electron chi connectivity index (χ3n) is 1.43. The number of carbonyl (C=O) groups is 1. The third kappa shape index (κ3) is 2.04. The maximum atomic E-state index is 10.7. The summed E-state index contributed by atoms with van der Waals surface area (Å²) in [4.78, 5) is 10.2. The Kier molecular flexibility index (Phi) is 2.35. The highest BCUT2D eigenvalue weighted by atomic mass is 32.2. The van der Waals surface area contributed by atoms with Gasteiger partial charge in [0.05, 0.1) is 5.56 Å². The Labute approximate surface area is 74.9 Å². The molecule has 6 heteroatoms. The smallest absolute Gasteiger partial charge is 0.295 e. The van der Waals surface area contributed by atoms with E-state index in [2.05, 4.69) is 0 Å². The number of primary amides is 1. The van der Waals surface area contributed by atoms with Crippen LogP contribution in [0.15, 0.2) is 29.2 Å². The van der Waals surface area contributed by atoms with E-state index in [9.17, 15) is 13.2 Å². The summed E-state index contributed by atoms with van der Waals surface area (Å²) in [6.45, 7) is 0. The Bertz CT molecular complexity index is 438. The minimum absolute atomic E-state index is 0.218. The van der Waals surface area contributed by atoms with Crippen LogP contribution in [0.4, 0.5) is 0 Å². The molecular weight excluding hydrogens is 194 g/mol. The zero-order chi connectivity index (χ0) is 10.1. The van der Waals surface area contributed by atoms with Crippen molar-refractivity contribution in [1.29, 1.82) is 0 Å². The number of hydrogen-bond donors (Lipinski definition) is 2. The fraction of sp³-hybridized carbons (Fsp3) is 0. The first-order valence-electron chi connectivity index (χ1n) is 3.29. The molecule has 3 N–H and O–H groups in total. The van der Waals surface area contributed by atoms with Gasteiger partial charge in [0.1, 0.15) is 4.90 Å². The van der Waals surface area contributed by atoms with Gasteiger partial charge in [-0.1, -0.05) is 12.1 Å². The summed E-state index contributed by atoms with van der Waals surface area (Å²) in [5, 5.41) is 0. The van der Waals surface area contributed by atoms with Crippen molar-refractivity contribution in [2.45, 2.75) is 4.90 Å². The predicted molar refractivity (Wildman–Crippen MR) is 44.8 cm³/mol. The molecule has 1 aromatic rings. The molecule has 0 aliphatic rings. The molecule has 1 rings (SSSR count). The number of carbonyl (C=O) groups excluding carboxylic acids is 1. The first-order valence-corrected chi connectivity index (χ1v) is 4.73. The first kappa shape index (κ1) is 9.69. The maximum absolute atomic E-state index is 10.7. The van der Waals surface area contributed by atoms with E-state index in [1.54, 1.807) is 0 Å². The second-order valence-electron chi connectivity index (χ2n) is 2.34. The molecule has 0 spiro atoms. The van der Waals surface area contributed by atoms with Gasteiger partial charge in [-0.05, 0) is 12.1 Å². The van der Waals surface area contributed by atoms with E-state index in [1.165, 1.54) is 18.2 Å². The minimum Gasteiger partial charge on any atom is -0.366 e. The number of nitrogens with two attached hydrogens (primary N) is 1. The van der Waals surface area contributed by atoms with Gasteiger partial charge in [-0.15, -0.1) is 0 Å². The molecule has 0 aliphatic carbocycles. The average molecular weight is 201 g/mol. The monoisotopic (exact) mass is 201 g/mol. The van der Waals surface area contributed by atoms with E-state index in [0.717, 1.165) is 6.07 Å². The zero-order valence-corrected chi connectivity index (χ0v) is 7.28. The van der Waals surface area contributed by atoms with Crippen LogP contribution < -0.4 is 5.73 Å². The summed E-state index contributed by atoms with van der Waals surface area (Å²) in [6, 6.07) is 5.17. The highest BCUT2D eigenvalue weighted by molar-refractivity contribution is 7.86. The van der Waals surface area contributed by atoms with Crippen molar-refractivity contribution < 1.29 is 17.8 Å². The molecule has 0 aliphatic heterocycles. The van der Waals surface area contributed by atoms with E-state index >= 15 is 0 Å². The van der Waals surface area contributed by atoms with Crippen LogP contribution in [0.1, 0.15) is 10.4 Å². The standard InChI is InChI=1S/C7H7NO4S/c8-7(9)5-3-1-2-4-6(5)13(10,11)12/h1-4H,(H2,8,9)(H,10,11,12). The molecule has 0 saturated heterocycles. The van der Waals surface area contributed by atoms with Crippen molar-refractivity contribution in [2.75, 3.05) is 0 Å². The largest absolute Gasteiger partial charge is 0.366 e. The van der Waals surface area contributed by atoms with Crippen LogP contribution in [0.5, 0.6) is 0 Å². The molecule has 0 heterocycles. The Hall–Kier alpha value is -1.40. The Morgan fingerprint density at radius 2 is 1.85 bits per heavy atom. The van der Waals surface area contributed by atoms with Gasteiger partial charge in [0.15, 0.2) is 0 Å². The van der Waals surface area contributed by atoms with Crippen LogP contribution in [0, 0.1) is 0 Å². The van der Waals surface area contributed by atoms with Crippen molar-refractivity contribution in [1.82, 2.24) is 0 Å². The van der Waals surface area contributed by atoms with Crippen LogP contribution in [-0.2, 0) is 10.1 Å². The molecule has 0 fully saturated rings. The van der Waals surface area contributed by atoms with Crippen molar-refractivity contribution in [3.63, 3.8) is 0 Å². The molecular formula is C7H7NO4S. The van der Waals surface area contributed by atoms with E-state index in [4.69, 9.17) is 10.3 Å². The summed E-state index contributed by atoms with van der Waals surface area (Å²) < 4.78 is 30.1. The summed E-state index contributed by atoms with van der Waals surface area (Å²) in [7, 11) is -4.38. The highest BCUT2D eigenvalue weighted by Gasteiger charge is 2.17. The normalized spacial score (nSPS) is 11.2. The second-order valence-corrected chi connectivity index (χ2v) is 3.73. The molecule has 0 saturated carbocycles. The summed E-state index contributed by atoms with van der Waals surface area (Å²) in [5.41, 5.74) is 4.68. The fourth-order valence-electron chi connectivity index (χ4n) is 0.895. The van der Waals surface area contributed by atoms with E-state index in [0.29, 0.717) is 0 Å². The lowest BCUT2D eigenvalue weighted by atomic mass is 10.2. The Morgan fingerprint density at radius 3 is 2.23 bits per heavy atom. The van der Waals surface area contributed by atoms with Crippen molar-refractivity contribution >= 4 is 16.0 Å². The van der Waals surface area contributed by atoms with Gasteiger partial charge in [-0.25, -0.2) is 0 Å². The predicted octanol–water partition coefficient (Wildman–Crippen LogP) is 0.0322. The lowest BCUT2D eigenvalue weighted by Gasteiger charge is -2.01. The quantitative estimate of drug-likeness (QED) is 0.659. The minimum atomic E-state index is -4.38. The van der Waals surface area contributed by atoms with Crippen LogP contribution in [0.25, 0.3) is 0 Å². The third-order valence-corrected chi connectivity index (χ3v) is 2.34. The van der Waals surface area contributed by atoms with Crippen molar-refractivity contribution in [3.05, 3.63) is 29.8 Å². The highest BCUT2D eigenvalue weighted by Crippen LogP contribution is 2.13. The van der Waals surface area contributed by atoms with Gasteiger partial charge in [0, 0.05) is 0 Å². The van der Waals surface area contributed by atoms with Gasteiger partial charge in [-0.3, -0.25) is 9.35 Å². The summed E-state index contributed by atoms with van der Waals surface area (Å²) in [5.74, 6) is -0.895. The second kappa shape index (κ2) is 3.15. The summed E-state index contributed by atoms with van der Waals surface area (Å²) in [6.07, 6.45) is 0. The van der Waals surface area contributed by atoms with Gasteiger partial charge >= 0.3 is 0 Å². The maximum Gasteiger partial charge on any atom is 0.295 e. The SMILES string of the molecule is NC(=O)c1ccccc1S(=O)(=O)O. The molecule has 13 heavy (non-hydrogen) atoms. The van der Waals surface area contributed by atoms with Crippen LogP contribution in [0.2, 0.25) is 0 Å². The molecule has 5 nitrogen and oxygen atoms in total. The van der Waals surface area contributed by atoms with Crippen LogP contribution >= 0.6 is 0 Å². The molecule has 0 atom stereocenters. The molecule has 70 valence electrons. The van der Waals surface area contributed by atoms with E-state index < -0.39 is 20.9 Å². The summed E-state index contributed by atoms with van der Waals surface area (Å²) >= 11 is 0. The lowest BCUT2D eigenvalue weighted by molar-refractivity contribution is 0.0997. The number of rotatable bonds is 2. The van der Waals surface area contributed by atoms with Crippen LogP contribution in [0.3, 0.4) is 0 Å². The van der Waals surface area contributed by atoms with Gasteiger partial charge in [0.25, 0.3) is 10.1 Å². The lowest BCUT2D eigenvalue weighted by Crippen LogP contribution is -2.15. The van der Waals surface area contributed by atoms with Crippen molar-refractivity contribution in [2.24, 2.45) is 5.73 Å². The van der Waals surface area contributed by atoms with E-state index in [-0.39, 0.29) is 5.56 Å². The van der Waals surface area contributed by atoms with Crippen LogP contribution in [-0.4, -0.2) is 18.9 Å². The molecule has 1 aromatic carbocycles. The Morgan fingerprint density at radius 1 is 1.31 bits per heavy atom. The first-order chi connectivity index (χ1) is 5.93. The van der Waals surface area contributed by atoms with Gasteiger partial charge in [-0.2, -0.15) is 8.42 Å². The van der Waals surface area contributed by atoms with E-state index in [1.807, 2.05) is 0 Å². The fourth-order valence-corrected chi connectivity index (χ4v) is 1.59. The molecule has 0 radical (unpaired) electrons. The Balaban J connectivity index is 3.46. The number of amides is 1. The number of benzene rings is 1. The average Bonchev–Trinajstić information content (AvgIpc) is 2.03. The van der Waals surface area contributed by atoms with Gasteiger partial charge < -0.3 is 5.73 Å². The molecule has 0 aromatic heterocycles. The molecule has 1 amide bonds. The molecule has 0 bridgehead atoms. The van der Waals surface area contributed by atoms with Crippen molar-refractivity contribution in [3.8, 4) is 0 Å². The number of hydrogen-bond acceptors (Lipinski definition) is 3. The zero-order valence-electron chi connectivity index (χ0n) is 6.47. The topological polar surface area (TPSA) is 97.5 Å². The van der Waals surface area contributed by atoms with Gasteiger partial charge in [0.2, 0.25) is 5.91 Å².